The Balaban J connectivity index is 1.57. The van der Waals surface area contributed by atoms with Crippen LogP contribution in [0.5, 0.6) is 11.5 Å². The first kappa shape index (κ1) is 20.7. The number of carbonyl (C=O) groups is 1. The number of rotatable bonds is 7. The molecule has 0 saturated carbocycles. The maximum absolute atomic E-state index is 12.0. The van der Waals surface area contributed by atoms with Gasteiger partial charge in [0.05, 0.1) is 19.1 Å². The number of nitrogens with one attached hydrogen (secondary N) is 1. The highest BCUT2D eigenvalue weighted by molar-refractivity contribution is 7.99. The van der Waals surface area contributed by atoms with Crippen LogP contribution < -0.4 is 10.2 Å². The second-order valence-corrected chi connectivity index (χ2v) is 7.23. The van der Waals surface area contributed by atoms with Gasteiger partial charge >= 0.3 is 0 Å². The molecule has 0 atom stereocenters. The van der Waals surface area contributed by atoms with Crippen LogP contribution in [0.4, 0.5) is 0 Å². The minimum atomic E-state index is -0.315. The molecule has 0 bridgehead atoms. The van der Waals surface area contributed by atoms with Crippen LogP contribution in [0.2, 0.25) is 5.02 Å². The van der Waals surface area contributed by atoms with Gasteiger partial charge in [-0.1, -0.05) is 29.4 Å². The van der Waals surface area contributed by atoms with Crippen LogP contribution in [0.3, 0.4) is 0 Å². The van der Waals surface area contributed by atoms with Gasteiger partial charge in [0, 0.05) is 23.2 Å². The first-order chi connectivity index (χ1) is 14.0. The third-order valence-corrected chi connectivity index (χ3v) is 5.18. The summed E-state index contributed by atoms with van der Waals surface area (Å²) in [7, 11) is 3.29. The molecule has 0 radical (unpaired) electrons. The Hall–Kier alpha value is -3.04. The van der Waals surface area contributed by atoms with Crippen molar-refractivity contribution in [1.82, 2.24) is 20.2 Å². The van der Waals surface area contributed by atoms with Crippen LogP contribution in [0, 0.1) is 0 Å². The molecule has 10 heteroatoms. The lowest BCUT2D eigenvalue weighted by Gasteiger charge is -2.05. The third-order valence-electron chi connectivity index (χ3n) is 3.91. The van der Waals surface area contributed by atoms with Crippen molar-refractivity contribution < 1.29 is 14.6 Å². The molecule has 0 fully saturated rings. The normalized spacial score (nSPS) is 11.0. The second kappa shape index (κ2) is 9.44. The summed E-state index contributed by atoms with van der Waals surface area (Å²) in [5, 5.41) is 23.4. The van der Waals surface area contributed by atoms with Crippen molar-refractivity contribution in [3.05, 3.63) is 53.1 Å². The number of nitrogens with zero attached hydrogens (tertiary/aromatic N) is 4. The highest BCUT2D eigenvalue weighted by Gasteiger charge is 2.13. The summed E-state index contributed by atoms with van der Waals surface area (Å²) in [6.45, 7) is 0. The van der Waals surface area contributed by atoms with E-state index in [9.17, 15) is 9.90 Å². The number of aromatic hydroxyl groups is 1. The first-order valence-corrected chi connectivity index (χ1v) is 9.82. The van der Waals surface area contributed by atoms with E-state index in [1.165, 1.54) is 25.1 Å². The van der Waals surface area contributed by atoms with Gasteiger partial charge in [0.2, 0.25) is 0 Å². The van der Waals surface area contributed by atoms with E-state index < -0.39 is 0 Å². The van der Waals surface area contributed by atoms with Crippen molar-refractivity contribution in [3.8, 4) is 22.9 Å². The SMILES string of the molecule is COc1cccc(/C=N/NC(=O)CSc2nnc(-c3ccc(Cl)cc3)n2C)c1O. The monoisotopic (exact) mass is 431 g/mol. The van der Waals surface area contributed by atoms with Crippen LogP contribution in [-0.4, -0.2) is 44.9 Å². The number of hydrogen-bond acceptors (Lipinski definition) is 7. The number of ether oxygens (including phenoxy) is 1. The zero-order chi connectivity index (χ0) is 20.8. The molecule has 1 aromatic heterocycles. The average Bonchev–Trinajstić information content (AvgIpc) is 3.09. The fourth-order valence-corrected chi connectivity index (χ4v) is 3.26. The largest absolute Gasteiger partial charge is 0.504 e. The lowest BCUT2D eigenvalue weighted by atomic mass is 10.2. The molecule has 3 rings (SSSR count). The molecular weight excluding hydrogens is 414 g/mol. The van der Waals surface area contributed by atoms with E-state index in [4.69, 9.17) is 16.3 Å². The van der Waals surface area contributed by atoms with E-state index in [-0.39, 0.29) is 17.4 Å². The predicted molar refractivity (Wildman–Crippen MR) is 113 cm³/mol. The lowest BCUT2D eigenvalue weighted by Crippen LogP contribution is -2.19. The Kier molecular flexibility index (Phi) is 6.73. The summed E-state index contributed by atoms with van der Waals surface area (Å²) >= 11 is 7.15. The first-order valence-electron chi connectivity index (χ1n) is 8.45. The predicted octanol–water partition coefficient (Wildman–Crippen LogP) is 3.09. The molecule has 0 unspecified atom stereocenters. The Morgan fingerprint density at radius 3 is 2.79 bits per heavy atom. The number of phenols is 1. The molecule has 0 aliphatic rings. The van der Waals surface area contributed by atoms with Gasteiger partial charge in [0.1, 0.15) is 0 Å². The number of carbonyl (C=O) groups excluding carboxylic acids is 1. The Morgan fingerprint density at radius 2 is 2.07 bits per heavy atom. The third kappa shape index (κ3) is 5.07. The summed E-state index contributed by atoms with van der Waals surface area (Å²) in [6.07, 6.45) is 1.35. The number of phenolic OH excluding ortho intramolecular Hbond substituents is 1. The molecule has 1 amide bonds. The number of hydrazone groups is 1. The van der Waals surface area contributed by atoms with Crippen LogP contribution >= 0.6 is 23.4 Å². The number of benzene rings is 2. The van der Waals surface area contributed by atoms with Crippen LogP contribution in [0.25, 0.3) is 11.4 Å². The van der Waals surface area contributed by atoms with Gasteiger partial charge in [-0.15, -0.1) is 10.2 Å². The molecular formula is C19H18ClN5O3S. The minimum Gasteiger partial charge on any atom is -0.504 e. The number of methoxy groups -OCH3 is 1. The maximum Gasteiger partial charge on any atom is 0.250 e. The molecule has 0 spiro atoms. The fourth-order valence-electron chi connectivity index (χ4n) is 2.44. The van der Waals surface area contributed by atoms with Gasteiger partial charge < -0.3 is 14.4 Å². The Bertz CT molecular complexity index is 1040. The molecule has 150 valence electrons. The molecule has 0 aliphatic carbocycles. The summed E-state index contributed by atoms with van der Waals surface area (Å²) in [5.41, 5.74) is 3.72. The topological polar surface area (TPSA) is 102 Å². The van der Waals surface area contributed by atoms with Gasteiger partial charge in [0.15, 0.2) is 22.5 Å². The van der Waals surface area contributed by atoms with Gasteiger partial charge in [-0.05, 0) is 36.4 Å². The van der Waals surface area contributed by atoms with Crippen molar-refractivity contribution in [3.63, 3.8) is 0 Å². The van der Waals surface area contributed by atoms with Gasteiger partial charge in [0.25, 0.3) is 5.91 Å². The van der Waals surface area contributed by atoms with Gasteiger partial charge in [-0.2, -0.15) is 5.10 Å². The van der Waals surface area contributed by atoms with Crippen LogP contribution in [0.15, 0.2) is 52.7 Å². The van der Waals surface area contributed by atoms with Gasteiger partial charge in [-0.3, -0.25) is 4.79 Å². The number of thioether (sulfide) groups is 1. The van der Waals surface area contributed by atoms with E-state index in [0.717, 1.165) is 5.56 Å². The van der Waals surface area contributed by atoms with Crippen molar-refractivity contribution >= 4 is 35.5 Å². The van der Waals surface area contributed by atoms with Crippen LogP contribution in [0.1, 0.15) is 5.56 Å². The van der Waals surface area contributed by atoms with Crippen molar-refractivity contribution in [1.29, 1.82) is 0 Å². The average molecular weight is 432 g/mol. The molecule has 2 N–H and O–H groups in total. The van der Waals surface area contributed by atoms with Crippen molar-refractivity contribution in [2.45, 2.75) is 5.16 Å². The van der Waals surface area contributed by atoms with E-state index in [0.29, 0.717) is 27.3 Å². The standard InChI is InChI=1S/C19H18ClN5O3S/c1-25-18(12-6-8-14(20)9-7-12)23-24-19(25)29-11-16(26)22-21-10-13-4-3-5-15(28-2)17(13)27/h3-10,27H,11H2,1-2H3,(H,22,26)/b21-10+. The second-order valence-electron chi connectivity index (χ2n) is 5.85. The van der Waals surface area contributed by atoms with Gasteiger partial charge in [-0.25, -0.2) is 5.43 Å². The summed E-state index contributed by atoms with van der Waals surface area (Å²) < 4.78 is 6.83. The fraction of sp³-hybridized carbons (Fsp3) is 0.158. The highest BCUT2D eigenvalue weighted by Crippen LogP contribution is 2.28. The van der Waals surface area contributed by atoms with E-state index >= 15 is 0 Å². The minimum absolute atomic E-state index is 0.0452. The van der Waals surface area contributed by atoms with E-state index in [1.807, 2.05) is 19.2 Å². The zero-order valence-corrected chi connectivity index (χ0v) is 17.2. The number of amides is 1. The number of hydrogen-bond donors (Lipinski definition) is 2. The van der Waals surface area contributed by atoms with Crippen LogP contribution in [-0.2, 0) is 11.8 Å². The molecule has 3 aromatic rings. The number of halogens is 1. The Morgan fingerprint density at radius 1 is 1.31 bits per heavy atom. The molecule has 0 saturated heterocycles. The van der Waals surface area contributed by atoms with E-state index in [1.54, 1.807) is 34.9 Å². The molecule has 29 heavy (non-hydrogen) atoms. The smallest absolute Gasteiger partial charge is 0.250 e. The molecule has 1 heterocycles. The van der Waals surface area contributed by atoms with Crippen molar-refractivity contribution in [2.75, 3.05) is 12.9 Å². The molecule has 2 aromatic carbocycles. The van der Waals surface area contributed by atoms with Crippen molar-refractivity contribution in [2.24, 2.45) is 12.1 Å². The number of para-hydroxylation sites is 1. The highest BCUT2D eigenvalue weighted by atomic mass is 35.5. The maximum atomic E-state index is 12.0. The summed E-state index contributed by atoms with van der Waals surface area (Å²) in [5.74, 6) is 0.750. The van der Waals surface area contributed by atoms with E-state index in [2.05, 4.69) is 20.7 Å². The number of aromatic nitrogens is 3. The quantitative estimate of drug-likeness (QED) is 0.338. The summed E-state index contributed by atoms with van der Waals surface area (Å²) in [4.78, 5) is 12.0. The zero-order valence-electron chi connectivity index (χ0n) is 15.7. The Labute approximate surface area is 176 Å². The molecule has 0 aliphatic heterocycles. The summed E-state index contributed by atoms with van der Waals surface area (Å²) in [6, 6.07) is 12.3. The molecule has 8 nitrogen and oxygen atoms in total. The lowest BCUT2D eigenvalue weighted by molar-refractivity contribution is -0.118.